The van der Waals surface area contributed by atoms with Crippen LogP contribution in [0.4, 0.5) is 4.39 Å². The van der Waals surface area contributed by atoms with Crippen LogP contribution in [0.3, 0.4) is 0 Å². The number of aryl methyl sites for hydroxylation is 1. The lowest BCUT2D eigenvalue weighted by Gasteiger charge is -2.47. The van der Waals surface area contributed by atoms with Crippen molar-refractivity contribution in [2.24, 2.45) is 0 Å². The molecule has 0 saturated carbocycles. The molecular formula is C40H48FN5O8S3. The zero-order valence-electron chi connectivity index (χ0n) is 32.0. The number of aliphatic hydroxyl groups is 1. The highest BCUT2D eigenvalue weighted by Gasteiger charge is 2.41. The van der Waals surface area contributed by atoms with Gasteiger partial charge in [-0.05, 0) is 68.1 Å². The number of amides is 1. The molecule has 0 unspecified atom stereocenters. The van der Waals surface area contributed by atoms with Crippen LogP contribution in [0.5, 0.6) is 5.75 Å². The molecule has 2 aliphatic rings. The number of piperidine rings is 1. The number of halogens is 1. The number of benzene rings is 3. The Balaban J connectivity index is 0.000000432. The summed E-state index contributed by atoms with van der Waals surface area (Å²) in [7, 11) is -4.02. The SMILES string of the molecule is CC(C)c1nc(C(=O)N2CCOC3(CCN(Cc4ccc(F)c(CCNC[C@H](O)c5ccc(O)c6[nH]c(=O)sc56)c4)CC3)C2)cs1.Cc1ccc(S(=O)(=O)O)cc1. The third-order valence-electron chi connectivity index (χ3n) is 10.2. The van der Waals surface area contributed by atoms with Crippen LogP contribution in [0, 0.1) is 12.7 Å². The van der Waals surface area contributed by atoms with Crippen LogP contribution in [0.2, 0.25) is 0 Å². The minimum atomic E-state index is -4.02. The summed E-state index contributed by atoms with van der Waals surface area (Å²) in [6.45, 7) is 10.7. The molecule has 2 fully saturated rings. The van der Waals surface area contributed by atoms with Crippen molar-refractivity contribution in [3.8, 4) is 5.75 Å². The van der Waals surface area contributed by atoms with Crippen LogP contribution in [0.25, 0.3) is 10.2 Å². The second kappa shape index (κ2) is 18.2. The van der Waals surface area contributed by atoms with Crippen LogP contribution < -0.4 is 10.2 Å². The van der Waals surface area contributed by atoms with Gasteiger partial charge in [0.05, 0.1) is 39.5 Å². The number of aromatic nitrogens is 2. The lowest BCUT2D eigenvalue weighted by atomic mass is 9.89. The topological polar surface area (TPSA) is 185 Å². The van der Waals surface area contributed by atoms with Gasteiger partial charge in [0.15, 0.2) is 0 Å². The Kier molecular flexibility index (Phi) is 13.6. The van der Waals surface area contributed by atoms with Gasteiger partial charge in [-0.25, -0.2) is 9.37 Å². The predicted octanol–water partition coefficient (Wildman–Crippen LogP) is 5.63. The quantitative estimate of drug-likeness (QED) is 0.0821. The minimum Gasteiger partial charge on any atom is -0.506 e. The van der Waals surface area contributed by atoms with Gasteiger partial charge in [0.1, 0.15) is 22.8 Å². The van der Waals surface area contributed by atoms with E-state index in [1.807, 2.05) is 29.3 Å². The number of fused-ring (bicyclic) bond motifs is 1. The highest BCUT2D eigenvalue weighted by atomic mass is 32.2. The molecule has 17 heteroatoms. The number of aromatic hydroxyl groups is 1. The van der Waals surface area contributed by atoms with E-state index in [4.69, 9.17) is 9.29 Å². The lowest BCUT2D eigenvalue weighted by molar-refractivity contribution is -0.128. The predicted molar refractivity (Wildman–Crippen MR) is 218 cm³/mol. The molecule has 0 radical (unpaired) electrons. The third kappa shape index (κ3) is 10.7. The maximum atomic E-state index is 14.7. The lowest BCUT2D eigenvalue weighted by Crippen LogP contribution is -2.58. The largest absolute Gasteiger partial charge is 0.506 e. The Morgan fingerprint density at radius 1 is 1.11 bits per heavy atom. The highest BCUT2D eigenvalue weighted by Crippen LogP contribution is 2.33. The molecule has 13 nitrogen and oxygen atoms in total. The van der Waals surface area contributed by atoms with Crippen molar-refractivity contribution in [1.82, 2.24) is 25.1 Å². The number of H-pyrrole nitrogens is 1. The zero-order chi connectivity index (χ0) is 40.9. The molecule has 2 saturated heterocycles. The molecule has 1 spiro atoms. The fraction of sp³-hybridized carbons (Fsp3) is 0.425. The number of carbonyl (C=O) groups is 1. The Bertz CT molecular complexity index is 2340. The second-order valence-electron chi connectivity index (χ2n) is 14.8. The van der Waals surface area contributed by atoms with Gasteiger partial charge in [0.25, 0.3) is 16.0 Å². The average molecular weight is 842 g/mol. The van der Waals surface area contributed by atoms with Crippen molar-refractivity contribution in [3.05, 3.63) is 108 Å². The molecule has 0 bridgehead atoms. The number of morpholine rings is 1. The summed E-state index contributed by atoms with van der Waals surface area (Å²) in [6.07, 6.45) is 1.20. The number of nitrogens with zero attached hydrogens (tertiary/aromatic N) is 3. The van der Waals surface area contributed by atoms with E-state index in [0.717, 1.165) is 53.4 Å². The number of phenolic OH excluding ortho intramolecular Hbond substituents is 1. The molecule has 5 aromatic rings. The van der Waals surface area contributed by atoms with E-state index in [9.17, 15) is 32.6 Å². The van der Waals surface area contributed by atoms with E-state index in [-0.39, 0.29) is 39.4 Å². The fourth-order valence-electron chi connectivity index (χ4n) is 7.01. The van der Waals surface area contributed by atoms with E-state index < -0.39 is 16.2 Å². The van der Waals surface area contributed by atoms with Gasteiger partial charge in [-0.3, -0.25) is 19.0 Å². The Hall–Kier alpha value is -4.07. The molecule has 306 valence electrons. The first kappa shape index (κ1) is 42.5. The number of phenols is 1. The van der Waals surface area contributed by atoms with Gasteiger partial charge >= 0.3 is 4.87 Å². The summed E-state index contributed by atoms with van der Waals surface area (Å²) in [4.78, 5) is 36.0. The molecule has 57 heavy (non-hydrogen) atoms. The molecular weight excluding hydrogens is 794 g/mol. The van der Waals surface area contributed by atoms with Gasteiger partial charge in [0, 0.05) is 49.6 Å². The minimum absolute atomic E-state index is 0.0206. The highest BCUT2D eigenvalue weighted by molar-refractivity contribution is 7.85. The van der Waals surface area contributed by atoms with Crippen LogP contribution in [0.15, 0.2) is 69.7 Å². The van der Waals surface area contributed by atoms with Gasteiger partial charge in [-0.15, -0.1) is 11.3 Å². The molecule has 5 N–H and O–H groups in total. The van der Waals surface area contributed by atoms with Crippen molar-refractivity contribution in [1.29, 1.82) is 0 Å². The number of thiazole rings is 2. The van der Waals surface area contributed by atoms with Crippen molar-refractivity contribution >= 4 is 48.9 Å². The monoisotopic (exact) mass is 841 g/mol. The standard InChI is InChI=1S/C33H40FN5O5S2.C7H8O3S/c1-20(2)30-36-25(18-45-30)31(42)39-13-14-44-33(19-39)8-11-38(12-9-33)17-21-3-5-24(34)22(15-21)7-10-35-16-27(41)23-4-6-26(40)28-29(23)46-32(43)37-28;1-6-2-4-7(5-3-6)11(8,9)10/h3-6,15,18,20,27,35,40-41H,7-14,16-17,19H2,1-2H3,(H,37,43);2-5H,1H3,(H,8,9,10)/t27-;/m0./s1. The number of aromatic amines is 1. The van der Waals surface area contributed by atoms with Crippen molar-refractivity contribution in [2.75, 3.05) is 45.9 Å². The smallest absolute Gasteiger partial charge is 0.305 e. The molecule has 3 aromatic carbocycles. The summed E-state index contributed by atoms with van der Waals surface area (Å²) >= 11 is 2.48. The number of hydrogen-bond donors (Lipinski definition) is 5. The van der Waals surface area contributed by atoms with E-state index in [1.165, 1.54) is 35.6 Å². The zero-order valence-corrected chi connectivity index (χ0v) is 34.5. The molecule has 1 amide bonds. The maximum Gasteiger partial charge on any atom is 0.305 e. The van der Waals surface area contributed by atoms with Gasteiger partial charge in [-0.1, -0.05) is 61.1 Å². The Labute approximate surface area is 338 Å². The maximum absolute atomic E-state index is 14.7. The number of carbonyl (C=O) groups excluding carboxylic acids is 1. The summed E-state index contributed by atoms with van der Waals surface area (Å²) in [6, 6.07) is 14.3. The number of likely N-dealkylation sites (tertiary alicyclic amines) is 1. The van der Waals surface area contributed by atoms with Crippen LogP contribution in [-0.2, 0) is 27.8 Å². The number of ether oxygens (including phenoxy) is 1. The molecule has 7 rings (SSSR count). The van der Waals surface area contributed by atoms with E-state index in [2.05, 4.69) is 34.0 Å². The van der Waals surface area contributed by atoms with E-state index in [1.54, 1.807) is 18.2 Å². The van der Waals surface area contributed by atoms with Gasteiger partial charge in [0.2, 0.25) is 0 Å². The normalized spacial score (nSPS) is 16.5. The first-order valence-corrected chi connectivity index (χ1v) is 21.9. The fourth-order valence-corrected chi connectivity index (χ4v) is 9.22. The molecule has 4 heterocycles. The van der Waals surface area contributed by atoms with E-state index in [0.29, 0.717) is 72.2 Å². The summed E-state index contributed by atoms with van der Waals surface area (Å²) in [5, 5.41) is 26.8. The van der Waals surface area contributed by atoms with Crippen LogP contribution in [-0.4, -0.2) is 100 Å². The molecule has 1 atom stereocenters. The van der Waals surface area contributed by atoms with Crippen LogP contribution in [0.1, 0.15) is 76.5 Å². The third-order valence-corrected chi connectivity index (χ3v) is 13.2. The second-order valence-corrected chi connectivity index (χ2v) is 18.1. The first-order chi connectivity index (χ1) is 27.1. The molecule has 0 aliphatic carbocycles. The average Bonchev–Trinajstić information content (AvgIpc) is 3.84. The van der Waals surface area contributed by atoms with E-state index >= 15 is 0 Å². The van der Waals surface area contributed by atoms with Gasteiger partial charge < -0.3 is 30.2 Å². The molecule has 2 aromatic heterocycles. The van der Waals surface area contributed by atoms with Gasteiger partial charge in [-0.2, -0.15) is 8.42 Å². The number of nitrogens with one attached hydrogen (secondary N) is 2. The first-order valence-electron chi connectivity index (χ1n) is 18.8. The summed E-state index contributed by atoms with van der Waals surface area (Å²) in [5.74, 6) is -0.0234. The Morgan fingerprint density at radius 2 is 1.84 bits per heavy atom. The number of aliphatic hydroxyl groups excluding tert-OH is 1. The molecule has 2 aliphatic heterocycles. The van der Waals surface area contributed by atoms with Crippen molar-refractivity contribution in [2.45, 2.75) is 69.1 Å². The van der Waals surface area contributed by atoms with Crippen molar-refractivity contribution in [3.63, 3.8) is 0 Å². The number of hydrogen-bond acceptors (Lipinski definition) is 12. The van der Waals surface area contributed by atoms with Crippen molar-refractivity contribution < 1.29 is 37.1 Å². The number of rotatable bonds is 11. The Morgan fingerprint density at radius 3 is 2.53 bits per heavy atom. The summed E-state index contributed by atoms with van der Waals surface area (Å²) in [5.41, 5.74) is 3.65. The van der Waals surface area contributed by atoms with Crippen LogP contribution >= 0.6 is 22.7 Å². The summed E-state index contributed by atoms with van der Waals surface area (Å²) < 4.78 is 51.1.